The zero-order valence-corrected chi connectivity index (χ0v) is 10.8. The van der Waals surface area contributed by atoms with Crippen LogP contribution >= 0.6 is 0 Å². The second-order valence-corrected chi connectivity index (χ2v) is 5.40. The molecule has 0 aromatic carbocycles. The highest BCUT2D eigenvalue weighted by atomic mass is 16.3. The third-order valence-electron chi connectivity index (χ3n) is 3.88. The minimum Gasteiger partial charge on any atom is -0.468 e. The fraction of sp³-hybridized carbons (Fsp3) is 0.714. The Kier molecular flexibility index (Phi) is 4.63. The van der Waals surface area contributed by atoms with Crippen molar-refractivity contribution < 1.29 is 4.42 Å². The van der Waals surface area contributed by atoms with Gasteiger partial charge in [0.25, 0.3) is 0 Å². The van der Waals surface area contributed by atoms with E-state index in [0.29, 0.717) is 0 Å². The van der Waals surface area contributed by atoms with Gasteiger partial charge in [0.05, 0.1) is 12.8 Å². The van der Waals surface area contributed by atoms with Crippen LogP contribution in [-0.4, -0.2) is 25.0 Å². The zero-order chi connectivity index (χ0) is 12.1. The van der Waals surface area contributed by atoms with Gasteiger partial charge < -0.3 is 10.2 Å². The first-order chi connectivity index (χ1) is 8.28. The first kappa shape index (κ1) is 12.7. The SMILES string of the molecule is CN(Cc1ccco1)CC1CCC(CN)CC1. The minimum atomic E-state index is 0.779. The molecule has 1 aliphatic rings. The van der Waals surface area contributed by atoms with Crippen LogP contribution in [0.4, 0.5) is 0 Å². The molecule has 0 unspecified atom stereocenters. The van der Waals surface area contributed by atoms with E-state index in [4.69, 9.17) is 10.2 Å². The molecular formula is C14H24N2O. The van der Waals surface area contributed by atoms with Gasteiger partial charge in [-0.15, -0.1) is 0 Å². The van der Waals surface area contributed by atoms with E-state index in [1.54, 1.807) is 6.26 Å². The Morgan fingerprint density at radius 2 is 2.00 bits per heavy atom. The summed E-state index contributed by atoms with van der Waals surface area (Å²) in [7, 11) is 2.18. The van der Waals surface area contributed by atoms with Crippen molar-refractivity contribution in [2.75, 3.05) is 20.1 Å². The molecule has 3 nitrogen and oxygen atoms in total. The minimum absolute atomic E-state index is 0.779. The van der Waals surface area contributed by atoms with E-state index >= 15 is 0 Å². The maximum atomic E-state index is 5.72. The van der Waals surface area contributed by atoms with Crippen LogP contribution in [0.1, 0.15) is 31.4 Å². The Balaban J connectivity index is 1.70. The Morgan fingerprint density at radius 1 is 1.29 bits per heavy atom. The highest BCUT2D eigenvalue weighted by Crippen LogP contribution is 2.28. The molecule has 2 rings (SSSR count). The zero-order valence-electron chi connectivity index (χ0n) is 10.8. The molecule has 1 aromatic rings. The monoisotopic (exact) mass is 236 g/mol. The molecule has 0 radical (unpaired) electrons. The molecule has 1 fully saturated rings. The molecule has 0 amide bonds. The lowest BCUT2D eigenvalue weighted by Gasteiger charge is -2.30. The van der Waals surface area contributed by atoms with E-state index in [1.165, 1.54) is 32.2 Å². The lowest BCUT2D eigenvalue weighted by atomic mass is 9.82. The molecule has 1 heterocycles. The van der Waals surface area contributed by atoms with Crippen LogP contribution in [0, 0.1) is 11.8 Å². The summed E-state index contributed by atoms with van der Waals surface area (Å²) in [6, 6.07) is 4.00. The van der Waals surface area contributed by atoms with Gasteiger partial charge in [-0.2, -0.15) is 0 Å². The average molecular weight is 236 g/mol. The van der Waals surface area contributed by atoms with Gasteiger partial charge in [0.1, 0.15) is 5.76 Å². The van der Waals surface area contributed by atoms with E-state index in [-0.39, 0.29) is 0 Å². The quantitative estimate of drug-likeness (QED) is 0.854. The number of rotatable bonds is 5. The van der Waals surface area contributed by atoms with Gasteiger partial charge in [0.2, 0.25) is 0 Å². The number of nitrogens with zero attached hydrogens (tertiary/aromatic N) is 1. The van der Waals surface area contributed by atoms with Crippen LogP contribution in [0.2, 0.25) is 0 Å². The second-order valence-electron chi connectivity index (χ2n) is 5.40. The summed E-state index contributed by atoms with van der Waals surface area (Å²) >= 11 is 0. The van der Waals surface area contributed by atoms with Gasteiger partial charge in [0, 0.05) is 6.54 Å². The number of hydrogen-bond acceptors (Lipinski definition) is 3. The van der Waals surface area contributed by atoms with Crippen LogP contribution in [0.5, 0.6) is 0 Å². The smallest absolute Gasteiger partial charge is 0.117 e. The Hall–Kier alpha value is -0.800. The van der Waals surface area contributed by atoms with Crippen LogP contribution < -0.4 is 5.73 Å². The Bertz CT molecular complexity index is 302. The first-order valence-corrected chi connectivity index (χ1v) is 6.69. The van der Waals surface area contributed by atoms with E-state index in [1.807, 2.05) is 12.1 Å². The maximum Gasteiger partial charge on any atom is 0.117 e. The normalized spacial score (nSPS) is 25.4. The van der Waals surface area contributed by atoms with Crippen molar-refractivity contribution in [3.8, 4) is 0 Å². The summed E-state index contributed by atoms with van der Waals surface area (Å²) < 4.78 is 5.37. The van der Waals surface area contributed by atoms with E-state index < -0.39 is 0 Å². The van der Waals surface area contributed by atoms with Crippen molar-refractivity contribution in [3.05, 3.63) is 24.2 Å². The van der Waals surface area contributed by atoms with Crippen LogP contribution in [0.3, 0.4) is 0 Å². The molecule has 96 valence electrons. The Labute approximate surface area is 104 Å². The molecular weight excluding hydrogens is 212 g/mol. The van der Waals surface area contributed by atoms with Crippen molar-refractivity contribution in [1.82, 2.24) is 4.90 Å². The molecule has 1 saturated carbocycles. The third-order valence-corrected chi connectivity index (χ3v) is 3.88. The summed E-state index contributed by atoms with van der Waals surface area (Å²) in [5.74, 6) is 2.68. The van der Waals surface area contributed by atoms with Gasteiger partial charge in [-0.1, -0.05) is 0 Å². The second kappa shape index (κ2) is 6.22. The van der Waals surface area contributed by atoms with Crippen molar-refractivity contribution in [3.63, 3.8) is 0 Å². The maximum absolute atomic E-state index is 5.72. The molecule has 1 aliphatic carbocycles. The molecule has 0 aliphatic heterocycles. The van der Waals surface area contributed by atoms with Crippen molar-refractivity contribution in [2.45, 2.75) is 32.2 Å². The summed E-state index contributed by atoms with van der Waals surface area (Å²) in [6.45, 7) is 2.97. The summed E-state index contributed by atoms with van der Waals surface area (Å²) in [5, 5.41) is 0. The van der Waals surface area contributed by atoms with E-state index in [9.17, 15) is 0 Å². The topological polar surface area (TPSA) is 42.4 Å². The number of furan rings is 1. The predicted octanol–water partition coefficient (Wildman–Crippen LogP) is 2.48. The first-order valence-electron chi connectivity index (χ1n) is 6.69. The molecule has 0 saturated heterocycles. The van der Waals surface area contributed by atoms with Crippen LogP contribution in [0.25, 0.3) is 0 Å². The fourth-order valence-corrected chi connectivity index (χ4v) is 2.82. The summed E-state index contributed by atoms with van der Waals surface area (Å²) in [6.07, 6.45) is 7.05. The fourth-order valence-electron chi connectivity index (χ4n) is 2.82. The van der Waals surface area contributed by atoms with Gasteiger partial charge in [0.15, 0.2) is 0 Å². The van der Waals surface area contributed by atoms with E-state index in [0.717, 1.165) is 30.7 Å². The highest BCUT2D eigenvalue weighted by Gasteiger charge is 2.21. The van der Waals surface area contributed by atoms with Gasteiger partial charge in [-0.05, 0) is 63.2 Å². The lowest BCUT2D eigenvalue weighted by molar-refractivity contribution is 0.193. The standard InChI is InChI=1S/C14H24N2O/c1-16(11-14-3-2-8-17-14)10-13-6-4-12(9-15)5-7-13/h2-3,8,12-13H,4-7,9-11,15H2,1H3. The number of hydrogen-bond donors (Lipinski definition) is 1. The lowest BCUT2D eigenvalue weighted by Crippen LogP contribution is -2.29. The highest BCUT2D eigenvalue weighted by molar-refractivity contribution is 4.97. The third kappa shape index (κ3) is 3.86. The van der Waals surface area contributed by atoms with Gasteiger partial charge in [-0.3, -0.25) is 4.90 Å². The van der Waals surface area contributed by atoms with Crippen LogP contribution in [0.15, 0.2) is 22.8 Å². The van der Waals surface area contributed by atoms with Gasteiger partial charge in [-0.25, -0.2) is 0 Å². The Morgan fingerprint density at radius 3 is 2.59 bits per heavy atom. The summed E-state index contributed by atoms with van der Waals surface area (Å²) in [5.41, 5.74) is 5.72. The molecule has 3 heteroatoms. The largest absolute Gasteiger partial charge is 0.468 e. The van der Waals surface area contributed by atoms with Crippen LogP contribution in [-0.2, 0) is 6.54 Å². The van der Waals surface area contributed by atoms with Gasteiger partial charge >= 0.3 is 0 Å². The molecule has 0 bridgehead atoms. The number of nitrogens with two attached hydrogens (primary N) is 1. The molecule has 0 spiro atoms. The van der Waals surface area contributed by atoms with Crippen molar-refractivity contribution in [1.29, 1.82) is 0 Å². The van der Waals surface area contributed by atoms with Crippen molar-refractivity contribution >= 4 is 0 Å². The molecule has 2 N–H and O–H groups in total. The van der Waals surface area contributed by atoms with Crippen molar-refractivity contribution in [2.24, 2.45) is 17.6 Å². The average Bonchev–Trinajstić information content (AvgIpc) is 2.82. The molecule has 17 heavy (non-hydrogen) atoms. The predicted molar refractivity (Wildman–Crippen MR) is 69.5 cm³/mol. The molecule has 0 atom stereocenters. The van der Waals surface area contributed by atoms with E-state index in [2.05, 4.69) is 11.9 Å². The molecule has 1 aromatic heterocycles. The summed E-state index contributed by atoms with van der Waals surface area (Å²) in [4.78, 5) is 2.37.